The molecule has 2 rings (SSSR count). The van der Waals surface area contributed by atoms with Crippen molar-refractivity contribution in [3.63, 3.8) is 0 Å². The maximum absolute atomic E-state index is 12.7. The minimum absolute atomic E-state index is 0.0281. The summed E-state index contributed by atoms with van der Waals surface area (Å²) >= 11 is 0. The number of hydrogen-bond acceptors (Lipinski definition) is 3. The number of aliphatic hydroxyl groups is 1. The molecular weight excluding hydrogens is 288 g/mol. The molecule has 0 aromatic heterocycles. The number of carbonyl (C=O) groups is 1. The van der Waals surface area contributed by atoms with Crippen LogP contribution in [0.5, 0.6) is 0 Å². The van der Waals surface area contributed by atoms with Crippen LogP contribution in [0.4, 0.5) is 0 Å². The van der Waals surface area contributed by atoms with Gasteiger partial charge in [-0.15, -0.1) is 0 Å². The highest BCUT2D eigenvalue weighted by Gasteiger charge is 2.46. The molecule has 1 aromatic rings. The van der Waals surface area contributed by atoms with Gasteiger partial charge in [0.05, 0.1) is 13.1 Å². The van der Waals surface area contributed by atoms with Gasteiger partial charge < -0.3 is 10.4 Å². The smallest absolute Gasteiger partial charge is 0.257 e. The second kappa shape index (κ2) is 8.14. The van der Waals surface area contributed by atoms with E-state index in [9.17, 15) is 9.90 Å². The Morgan fingerprint density at radius 1 is 1.26 bits per heavy atom. The molecule has 23 heavy (non-hydrogen) atoms. The van der Waals surface area contributed by atoms with Gasteiger partial charge >= 0.3 is 0 Å². The summed E-state index contributed by atoms with van der Waals surface area (Å²) < 4.78 is 0. The summed E-state index contributed by atoms with van der Waals surface area (Å²) in [6.07, 6.45) is 3.89. The monoisotopic (exact) mass is 314 g/mol. The Bertz CT molecular complexity index is 568. The van der Waals surface area contributed by atoms with Crippen LogP contribution >= 0.6 is 0 Å². The summed E-state index contributed by atoms with van der Waals surface area (Å²) in [4.78, 5) is 14.7. The zero-order valence-electron chi connectivity index (χ0n) is 14.0. The zero-order valence-corrected chi connectivity index (χ0v) is 14.0. The normalized spacial score (nSPS) is 17.4. The summed E-state index contributed by atoms with van der Waals surface area (Å²) in [5.74, 6) is 5.54. The Labute approximate surface area is 138 Å². The van der Waals surface area contributed by atoms with Crippen LogP contribution in [0.25, 0.3) is 0 Å². The molecule has 0 saturated heterocycles. The van der Waals surface area contributed by atoms with Gasteiger partial charge in [-0.25, -0.2) is 0 Å². The minimum atomic E-state index is -1.46. The second-order valence-corrected chi connectivity index (χ2v) is 6.39. The fraction of sp³-hybridized carbons (Fsp3) is 0.526. The fourth-order valence-corrected chi connectivity index (χ4v) is 3.12. The lowest BCUT2D eigenvalue weighted by molar-refractivity contribution is -0.147. The molecule has 1 aromatic carbocycles. The lowest BCUT2D eigenvalue weighted by atomic mass is 9.79. The van der Waals surface area contributed by atoms with Crippen molar-refractivity contribution in [3.8, 4) is 11.8 Å². The van der Waals surface area contributed by atoms with Crippen LogP contribution in [-0.4, -0.2) is 43.1 Å². The highest BCUT2D eigenvalue weighted by atomic mass is 16.3. The number of nitrogens with one attached hydrogen (secondary N) is 1. The first-order chi connectivity index (χ1) is 11.0. The summed E-state index contributed by atoms with van der Waals surface area (Å²) in [6, 6.07) is 9.27. The number of carbonyl (C=O) groups excluding carboxylic acids is 1. The van der Waals surface area contributed by atoms with Crippen molar-refractivity contribution in [2.45, 2.75) is 31.3 Å². The average molecular weight is 314 g/mol. The predicted molar refractivity (Wildman–Crippen MR) is 91.6 cm³/mol. The van der Waals surface area contributed by atoms with E-state index in [0.29, 0.717) is 12.1 Å². The molecule has 0 bridgehead atoms. The van der Waals surface area contributed by atoms with Gasteiger partial charge in [-0.1, -0.05) is 55.0 Å². The minimum Gasteiger partial charge on any atom is -0.375 e. The summed E-state index contributed by atoms with van der Waals surface area (Å²) in [5.41, 5.74) is -0.785. The van der Waals surface area contributed by atoms with Gasteiger partial charge in [-0.2, -0.15) is 0 Å². The van der Waals surface area contributed by atoms with Crippen LogP contribution in [0.2, 0.25) is 0 Å². The van der Waals surface area contributed by atoms with Crippen LogP contribution in [0.3, 0.4) is 0 Å². The van der Waals surface area contributed by atoms with Crippen molar-refractivity contribution in [1.82, 2.24) is 10.2 Å². The van der Waals surface area contributed by atoms with Crippen LogP contribution < -0.4 is 5.32 Å². The third kappa shape index (κ3) is 4.34. The molecule has 1 unspecified atom stereocenters. The van der Waals surface area contributed by atoms with Gasteiger partial charge in [0.2, 0.25) is 0 Å². The number of rotatable bonds is 5. The lowest BCUT2D eigenvalue weighted by Gasteiger charge is -2.33. The lowest BCUT2D eigenvalue weighted by Crippen LogP contribution is -2.49. The van der Waals surface area contributed by atoms with Crippen LogP contribution in [0.15, 0.2) is 30.3 Å². The Hall–Kier alpha value is -1.83. The first kappa shape index (κ1) is 17.5. The van der Waals surface area contributed by atoms with Gasteiger partial charge in [-0.05, 0) is 32.5 Å². The zero-order chi connectivity index (χ0) is 16.7. The standard InChI is InChI=1S/C19H26N2O2/c1-21(2)15-9-8-14-20-18(22)19(23,17-12-6-7-13-17)16-10-4-3-5-11-16/h3-5,10-11,17,23H,6-7,12-15H2,1-2H3,(H,20,22). The first-order valence-corrected chi connectivity index (χ1v) is 8.21. The molecule has 0 radical (unpaired) electrons. The second-order valence-electron chi connectivity index (χ2n) is 6.39. The van der Waals surface area contributed by atoms with Crippen molar-refractivity contribution in [3.05, 3.63) is 35.9 Å². The molecule has 4 heteroatoms. The molecular formula is C19H26N2O2. The molecule has 1 atom stereocenters. The van der Waals surface area contributed by atoms with E-state index in [1.54, 1.807) is 0 Å². The molecule has 1 saturated carbocycles. The van der Waals surface area contributed by atoms with E-state index in [4.69, 9.17) is 0 Å². The van der Waals surface area contributed by atoms with Crippen molar-refractivity contribution in [2.24, 2.45) is 5.92 Å². The number of hydrogen-bond donors (Lipinski definition) is 2. The molecule has 0 aliphatic heterocycles. The molecule has 0 heterocycles. The molecule has 124 valence electrons. The van der Waals surface area contributed by atoms with E-state index in [1.807, 2.05) is 49.3 Å². The topological polar surface area (TPSA) is 52.6 Å². The largest absolute Gasteiger partial charge is 0.375 e. The van der Waals surface area contributed by atoms with Gasteiger partial charge in [0.15, 0.2) is 5.60 Å². The van der Waals surface area contributed by atoms with Crippen molar-refractivity contribution < 1.29 is 9.90 Å². The van der Waals surface area contributed by atoms with Crippen molar-refractivity contribution in [2.75, 3.05) is 27.2 Å². The summed E-state index contributed by atoms with van der Waals surface area (Å²) in [6.45, 7) is 0.913. The highest BCUT2D eigenvalue weighted by Crippen LogP contribution is 2.40. The van der Waals surface area contributed by atoms with Crippen molar-refractivity contribution in [1.29, 1.82) is 0 Å². The Balaban J connectivity index is 2.10. The average Bonchev–Trinajstić information content (AvgIpc) is 3.09. The Morgan fingerprint density at radius 2 is 1.91 bits per heavy atom. The van der Waals surface area contributed by atoms with Crippen molar-refractivity contribution >= 4 is 5.91 Å². The molecule has 1 amide bonds. The molecule has 1 aliphatic carbocycles. The quantitative estimate of drug-likeness (QED) is 0.814. The number of amides is 1. The van der Waals surface area contributed by atoms with Gasteiger partial charge in [-0.3, -0.25) is 9.69 Å². The SMILES string of the molecule is CN(C)CC#CCNC(=O)C(O)(c1ccccc1)C1CCCC1. The van der Waals surface area contributed by atoms with E-state index in [2.05, 4.69) is 17.2 Å². The van der Waals surface area contributed by atoms with E-state index in [0.717, 1.165) is 25.7 Å². The molecule has 0 spiro atoms. The fourth-order valence-electron chi connectivity index (χ4n) is 3.12. The highest BCUT2D eigenvalue weighted by molar-refractivity contribution is 5.87. The van der Waals surface area contributed by atoms with E-state index in [1.165, 1.54) is 0 Å². The first-order valence-electron chi connectivity index (χ1n) is 8.21. The predicted octanol–water partition coefficient (Wildman–Crippen LogP) is 1.75. The third-order valence-corrected chi connectivity index (χ3v) is 4.36. The number of nitrogens with zero attached hydrogens (tertiary/aromatic N) is 1. The molecule has 2 N–H and O–H groups in total. The maximum atomic E-state index is 12.7. The van der Waals surface area contributed by atoms with Crippen LogP contribution in [0, 0.1) is 17.8 Å². The third-order valence-electron chi connectivity index (χ3n) is 4.36. The summed E-state index contributed by atoms with van der Waals surface area (Å²) in [5, 5.41) is 14.0. The van der Waals surface area contributed by atoms with E-state index >= 15 is 0 Å². The van der Waals surface area contributed by atoms with Gasteiger partial charge in [0.25, 0.3) is 5.91 Å². The number of benzene rings is 1. The Kier molecular flexibility index (Phi) is 6.20. The molecule has 1 fully saturated rings. The molecule has 1 aliphatic rings. The van der Waals surface area contributed by atoms with Gasteiger partial charge in [0, 0.05) is 5.92 Å². The Morgan fingerprint density at radius 3 is 2.52 bits per heavy atom. The van der Waals surface area contributed by atoms with Gasteiger partial charge in [0.1, 0.15) is 0 Å². The van der Waals surface area contributed by atoms with Crippen LogP contribution in [0.1, 0.15) is 31.2 Å². The van der Waals surface area contributed by atoms with Crippen LogP contribution in [-0.2, 0) is 10.4 Å². The maximum Gasteiger partial charge on any atom is 0.257 e. The van der Waals surface area contributed by atoms with E-state index in [-0.39, 0.29) is 18.4 Å². The van der Waals surface area contributed by atoms with E-state index < -0.39 is 5.60 Å². The summed E-state index contributed by atoms with van der Waals surface area (Å²) in [7, 11) is 3.89. The molecule has 4 nitrogen and oxygen atoms in total.